The Bertz CT molecular complexity index is 421. The van der Waals surface area contributed by atoms with E-state index in [1.165, 1.54) is 0 Å². The highest BCUT2D eigenvalue weighted by atomic mass is 19.1. The number of halogens is 1. The molecule has 64 valence electrons. The van der Waals surface area contributed by atoms with Gasteiger partial charge in [0.05, 0.1) is 0 Å². The third-order valence-corrected chi connectivity index (χ3v) is 1.43. The van der Waals surface area contributed by atoms with E-state index in [1.807, 2.05) is 0 Å². The van der Waals surface area contributed by atoms with Gasteiger partial charge in [-0.1, -0.05) is 12.9 Å². The van der Waals surface area contributed by atoms with Gasteiger partial charge in [-0.05, 0) is 29.5 Å². The lowest BCUT2D eigenvalue weighted by atomic mass is 9.76. The summed E-state index contributed by atoms with van der Waals surface area (Å²) in [6, 6.07) is 2.46. The normalized spacial score (nSPS) is 18.4. The van der Waals surface area contributed by atoms with Crippen LogP contribution < -0.4 is 5.46 Å². The molecule has 0 spiro atoms. The Hall–Kier alpha value is -0.865. The molecule has 2 nitrogen and oxygen atoms in total. The molecule has 0 atom stereocenters. The van der Waals surface area contributed by atoms with Crippen molar-refractivity contribution in [1.82, 2.24) is 0 Å². The molecule has 0 unspecified atom stereocenters. The van der Waals surface area contributed by atoms with Gasteiger partial charge >= 0.3 is 7.12 Å². The van der Waals surface area contributed by atoms with Gasteiger partial charge in [0.2, 0.25) is 0 Å². The molecule has 2 N–H and O–H groups in total. The highest BCUT2D eigenvalue weighted by Gasteiger charge is 2.15. The number of hydrogen-bond acceptors (Lipinski definition) is 2. The van der Waals surface area contributed by atoms with E-state index in [4.69, 9.17) is 16.9 Å². The molecule has 4 heteroatoms. The average Bonchev–Trinajstić information content (AvgIpc) is 2.15. The molecular weight excluding hydrogens is 158 g/mol. The van der Waals surface area contributed by atoms with Crippen LogP contribution in [0.25, 0.3) is 0 Å². The lowest BCUT2D eigenvalue weighted by Gasteiger charge is -2.05. The van der Waals surface area contributed by atoms with Gasteiger partial charge in [-0.3, -0.25) is 0 Å². The molecule has 0 aliphatic heterocycles. The molecular formula is C8H10BFO2. The van der Waals surface area contributed by atoms with Gasteiger partial charge in [-0.2, -0.15) is 0 Å². The molecule has 0 saturated carbocycles. The van der Waals surface area contributed by atoms with Crippen molar-refractivity contribution < 1.29 is 21.3 Å². The summed E-state index contributed by atoms with van der Waals surface area (Å²) in [5, 5.41) is 18.0. The summed E-state index contributed by atoms with van der Waals surface area (Å²) >= 11 is 0. The maximum atomic E-state index is 12.9. The Morgan fingerprint density at radius 3 is 3.00 bits per heavy atom. The molecule has 1 aromatic rings. The summed E-state index contributed by atoms with van der Waals surface area (Å²) < 4.78 is 49.1. The molecule has 0 bridgehead atoms. The van der Waals surface area contributed by atoms with Crippen LogP contribution in [-0.4, -0.2) is 17.2 Å². The van der Waals surface area contributed by atoms with Gasteiger partial charge in [0.15, 0.2) is 0 Å². The first-order valence-electron chi connectivity index (χ1n) is 5.73. The number of hydrogen-bond donors (Lipinski definition) is 2. The van der Waals surface area contributed by atoms with Crippen LogP contribution in [0.1, 0.15) is 19.3 Å². The zero-order valence-corrected chi connectivity index (χ0v) is 6.08. The third-order valence-electron chi connectivity index (χ3n) is 1.43. The lowest BCUT2D eigenvalue weighted by molar-refractivity contribution is 0.425. The van der Waals surface area contributed by atoms with E-state index in [0.717, 1.165) is 12.1 Å². The first kappa shape index (κ1) is 4.39. The molecule has 0 fully saturated rings. The minimum absolute atomic E-state index is 0.464. The monoisotopic (exact) mass is 173 g/mol. The van der Waals surface area contributed by atoms with Crippen LogP contribution in [0.4, 0.5) is 4.39 Å². The SMILES string of the molecule is [2H]C([2H])([2H])C([2H])([2H])c1ccc(F)cc1B(O)O. The Balaban J connectivity index is 3.41. The zero-order chi connectivity index (χ0) is 13.4. The van der Waals surface area contributed by atoms with Gasteiger partial charge in [-0.25, -0.2) is 4.39 Å². The topological polar surface area (TPSA) is 40.5 Å². The van der Waals surface area contributed by atoms with Gasteiger partial charge in [-0.15, -0.1) is 0 Å². The second kappa shape index (κ2) is 3.69. The molecule has 0 aromatic heterocycles. The smallest absolute Gasteiger partial charge is 0.423 e. The van der Waals surface area contributed by atoms with Crippen molar-refractivity contribution in [3.8, 4) is 0 Å². The minimum atomic E-state index is -2.99. The van der Waals surface area contributed by atoms with Crippen LogP contribution in [0.5, 0.6) is 0 Å². The van der Waals surface area contributed by atoms with Crippen LogP contribution in [0, 0.1) is 5.82 Å². The summed E-state index contributed by atoms with van der Waals surface area (Å²) in [5.41, 5.74) is -0.958. The molecule has 0 amide bonds. The van der Waals surface area contributed by atoms with Crippen molar-refractivity contribution in [2.24, 2.45) is 0 Å². The number of rotatable bonds is 2. The molecule has 0 radical (unpaired) electrons. The fourth-order valence-electron chi connectivity index (χ4n) is 0.861. The van der Waals surface area contributed by atoms with Gasteiger partial charge in [0.1, 0.15) is 5.82 Å². The van der Waals surface area contributed by atoms with E-state index in [1.54, 1.807) is 0 Å². The summed E-state index contributed by atoms with van der Waals surface area (Å²) in [7, 11) is -2.14. The summed E-state index contributed by atoms with van der Waals surface area (Å²) in [6.45, 7) is -2.99. The predicted octanol–water partition coefficient (Wildman–Crippen LogP) is 0.0679. The molecule has 0 saturated heterocycles. The lowest BCUT2D eigenvalue weighted by Crippen LogP contribution is -2.33. The van der Waals surface area contributed by atoms with Gasteiger partial charge in [0, 0.05) is 6.85 Å². The highest BCUT2D eigenvalue weighted by molar-refractivity contribution is 6.59. The molecule has 1 aromatic carbocycles. The van der Waals surface area contributed by atoms with Gasteiger partial charge in [0.25, 0.3) is 0 Å². The van der Waals surface area contributed by atoms with Crippen molar-refractivity contribution in [2.45, 2.75) is 13.2 Å². The summed E-state index contributed by atoms with van der Waals surface area (Å²) in [6.07, 6.45) is -2.79. The van der Waals surface area contributed by atoms with Crippen LogP contribution in [-0.2, 0) is 6.37 Å². The van der Waals surface area contributed by atoms with E-state index in [9.17, 15) is 4.39 Å². The van der Waals surface area contributed by atoms with Crippen molar-refractivity contribution in [1.29, 1.82) is 0 Å². The number of aryl methyl sites for hydroxylation is 1. The fourth-order valence-corrected chi connectivity index (χ4v) is 0.861. The molecule has 1 rings (SSSR count). The Morgan fingerprint density at radius 1 is 1.67 bits per heavy atom. The second-order valence-corrected chi connectivity index (χ2v) is 2.23. The van der Waals surface area contributed by atoms with Crippen molar-refractivity contribution in [2.75, 3.05) is 0 Å². The molecule has 0 heterocycles. The Labute approximate surface area is 77.8 Å². The number of benzene rings is 1. The van der Waals surface area contributed by atoms with E-state index in [2.05, 4.69) is 0 Å². The van der Waals surface area contributed by atoms with E-state index in [-0.39, 0.29) is 0 Å². The van der Waals surface area contributed by atoms with Crippen molar-refractivity contribution in [3.63, 3.8) is 0 Å². The predicted molar refractivity (Wildman–Crippen MR) is 45.6 cm³/mol. The Morgan fingerprint density at radius 2 is 2.42 bits per heavy atom. The second-order valence-electron chi connectivity index (χ2n) is 2.23. The van der Waals surface area contributed by atoms with Crippen LogP contribution >= 0.6 is 0 Å². The molecule has 0 aliphatic carbocycles. The minimum Gasteiger partial charge on any atom is -0.423 e. The quantitative estimate of drug-likeness (QED) is 0.621. The first-order chi connectivity index (χ1) is 7.57. The zero-order valence-electron chi connectivity index (χ0n) is 11.1. The molecule has 12 heavy (non-hydrogen) atoms. The highest BCUT2D eigenvalue weighted by Crippen LogP contribution is 2.01. The maximum absolute atomic E-state index is 12.9. The summed E-state index contributed by atoms with van der Waals surface area (Å²) in [4.78, 5) is 0. The van der Waals surface area contributed by atoms with E-state index in [0.29, 0.717) is 6.07 Å². The van der Waals surface area contributed by atoms with Crippen LogP contribution in [0.2, 0.25) is 0 Å². The summed E-state index contributed by atoms with van der Waals surface area (Å²) in [5.74, 6) is -0.807. The third kappa shape index (κ3) is 1.84. The largest absolute Gasteiger partial charge is 0.488 e. The first-order valence-corrected chi connectivity index (χ1v) is 3.23. The van der Waals surface area contributed by atoms with Crippen molar-refractivity contribution in [3.05, 3.63) is 29.6 Å². The van der Waals surface area contributed by atoms with Crippen molar-refractivity contribution >= 4 is 12.6 Å². The average molecular weight is 173 g/mol. The molecule has 0 aliphatic rings. The van der Waals surface area contributed by atoms with E-state index < -0.39 is 37.2 Å². The fraction of sp³-hybridized carbons (Fsp3) is 0.250. The van der Waals surface area contributed by atoms with Crippen LogP contribution in [0.3, 0.4) is 0 Å². The standard InChI is InChI=1S/C8H10BFO2/c1-2-6-3-4-7(10)5-8(6)9(11)12/h3-5,11-12H,2H2,1H3/i1D3,2D2. The maximum Gasteiger partial charge on any atom is 0.488 e. The Kier molecular flexibility index (Phi) is 1.35. The van der Waals surface area contributed by atoms with Crippen LogP contribution in [0.15, 0.2) is 18.2 Å². The van der Waals surface area contributed by atoms with E-state index >= 15 is 0 Å². The van der Waals surface area contributed by atoms with Gasteiger partial charge < -0.3 is 10.0 Å².